The molecule has 1 fully saturated rings. The lowest BCUT2D eigenvalue weighted by atomic mass is 10.4. The Balaban J connectivity index is 2.12. The van der Waals surface area contributed by atoms with Crippen LogP contribution in [0.5, 0.6) is 0 Å². The normalized spacial score (nSPS) is 33.0. The molecule has 0 aromatic rings. The van der Waals surface area contributed by atoms with Crippen LogP contribution >= 0.6 is 11.8 Å². The zero-order valence-corrected chi connectivity index (χ0v) is 5.42. The molecule has 2 heteroatoms. The van der Waals surface area contributed by atoms with Gasteiger partial charge in [0.1, 0.15) is 0 Å². The Morgan fingerprint density at radius 3 is 2.86 bits per heavy atom. The summed E-state index contributed by atoms with van der Waals surface area (Å²) in [4.78, 5) is 0. The van der Waals surface area contributed by atoms with Crippen molar-refractivity contribution >= 4 is 11.8 Å². The summed E-state index contributed by atoms with van der Waals surface area (Å²) in [5.41, 5.74) is 0. The van der Waals surface area contributed by atoms with Gasteiger partial charge in [-0.3, -0.25) is 0 Å². The van der Waals surface area contributed by atoms with Gasteiger partial charge in [0.15, 0.2) is 0 Å². The van der Waals surface area contributed by atoms with Gasteiger partial charge in [-0.1, -0.05) is 6.92 Å². The molecule has 1 aliphatic heterocycles. The lowest BCUT2D eigenvalue weighted by molar-refractivity contribution is 0.695. The van der Waals surface area contributed by atoms with Crippen molar-refractivity contribution in [3.63, 3.8) is 0 Å². The van der Waals surface area contributed by atoms with Crippen molar-refractivity contribution < 1.29 is 0 Å². The number of hydrogen-bond donors (Lipinski definition) is 1. The highest BCUT2D eigenvalue weighted by molar-refractivity contribution is 7.99. The fraction of sp³-hybridized carbons (Fsp3) is 1.00. The van der Waals surface area contributed by atoms with E-state index in [0.29, 0.717) is 0 Å². The van der Waals surface area contributed by atoms with Gasteiger partial charge >= 0.3 is 0 Å². The first kappa shape index (κ1) is 5.45. The van der Waals surface area contributed by atoms with E-state index in [9.17, 15) is 0 Å². The Morgan fingerprint density at radius 1 is 1.71 bits per heavy atom. The summed E-state index contributed by atoms with van der Waals surface area (Å²) in [6, 6.07) is 0. The number of rotatable bonds is 0. The van der Waals surface area contributed by atoms with Crippen molar-refractivity contribution in [1.82, 2.24) is 5.32 Å². The highest BCUT2D eigenvalue weighted by Gasteiger charge is 2.05. The second-order valence-electron chi connectivity index (χ2n) is 1.89. The van der Waals surface area contributed by atoms with Crippen molar-refractivity contribution in [2.24, 2.45) is 0 Å². The topological polar surface area (TPSA) is 12.0 Å². The standard InChI is InChI=1S/C5H11NS/c1-5-4-6-2-3-7-5/h5-6H,2-4H2,1H3/t5-/m0/s1. The van der Waals surface area contributed by atoms with Crippen LogP contribution in [-0.2, 0) is 0 Å². The maximum Gasteiger partial charge on any atom is 0.0144 e. The van der Waals surface area contributed by atoms with Gasteiger partial charge in [0.2, 0.25) is 0 Å². The summed E-state index contributed by atoms with van der Waals surface area (Å²) in [6.45, 7) is 4.66. The van der Waals surface area contributed by atoms with E-state index in [2.05, 4.69) is 24.0 Å². The average Bonchev–Trinajstić information content (AvgIpc) is 1.69. The molecule has 0 unspecified atom stereocenters. The molecule has 1 rings (SSSR count). The van der Waals surface area contributed by atoms with Gasteiger partial charge in [0.05, 0.1) is 0 Å². The number of thioether (sulfide) groups is 1. The van der Waals surface area contributed by atoms with Crippen molar-refractivity contribution in [3.05, 3.63) is 0 Å². The molecule has 0 saturated carbocycles. The van der Waals surface area contributed by atoms with Gasteiger partial charge < -0.3 is 5.32 Å². The van der Waals surface area contributed by atoms with Crippen LogP contribution in [0, 0.1) is 0 Å². The molecule has 1 atom stereocenters. The van der Waals surface area contributed by atoms with E-state index in [0.717, 1.165) is 5.25 Å². The summed E-state index contributed by atoms with van der Waals surface area (Å²) in [7, 11) is 0. The largest absolute Gasteiger partial charge is 0.315 e. The first-order valence-corrected chi connectivity index (χ1v) is 3.77. The maximum atomic E-state index is 3.31. The van der Waals surface area contributed by atoms with E-state index in [1.54, 1.807) is 0 Å². The quantitative estimate of drug-likeness (QED) is 0.501. The molecule has 0 amide bonds. The predicted molar refractivity (Wildman–Crippen MR) is 34.8 cm³/mol. The first-order valence-electron chi connectivity index (χ1n) is 2.72. The third-order valence-electron chi connectivity index (χ3n) is 1.11. The van der Waals surface area contributed by atoms with Crippen LogP contribution in [0.15, 0.2) is 0 Å². The SMILES string of the molecule is C[C@H]1CNCCS1. The van der Waals surface area contributed by atoms with E-state index in [1.807, 2.05) is 0 Å². The smallest absolute Gasteiger partial charge is 0.0144 e. The van der Waals surface area contributed by atoms with Gasteiger partial charge in [-0.05, 0) is 0 Å². The monoisotopic (exact) mass is 117 g/mol. The molecule has 0 bridgehead atoms. The third kappa shape index (κ3) is 1.70. The Bertz CT molecular complexity index is 50.0. The fourth-order valence-corrected chi connectivity index (χ4v) is 1.60. The van der Waals surface area contributed by atoms with Crippen LogP contribution in [-0.4, -0.2) is 24.1 Å². The molecule has 1 N–H and O–H groups in total. The van der Waals surface area contributed by atoms with Gasteiger partial charge in [-0.25, -0.2) is 0 Å². The highest BCUT2D eigenvalue weighted by atomic mass is 32.2. The second-order valence-corrected chi connectivity index (χ2v) is 3.43. The lowest BCUT2D eigenvalue weighted by Gasteiger charge is -2.17. The molecule has 0 aromatic carbocycles. The molecular weight excluding hydrogens is 106 g/mol. The Morgan fingerprint density at radius 2 is 2.57 bits per heavy atom. The number of hydrogen-bond acceptors (Lipinski definition) is 2. The summed E-state index contributed by atoms with van der Waals surface area (Å²) in [6.07, 6.45) is 0. The summed E-state index contributed by atoms with van der Waals surface area (Å²) in [5.74, 6) is 1.29. The first-order chi connectivity index (χ1) is 3.39. The van der Waals surface area contributed by atoms with E-state index < -0.39 is 0 Å². The zero-order chi connectivity index (χ0) is 5.11. The maximum absolute atomic E-state index is 3.31. The molecular formula is C5H11NS. The van der Waals surface area contributed by atoms with Crippen molar-refractivity contribution in [2.75, 3.05) is 18.8 Å². The van der Waals surface area contributed by atoms with Gasteiger partial charge in [0.25, 0.3) is 0 Å². The Kier molecular flexibility index (Phi) is 2.00. The predicted octanol–water partition coefficient (Wildman–Crippen LogP) is 0.711. The van der Waals surface area contributed by atoms with Crippen LogP contribution in [0.2, 0.25) is 0 Å². The minimum absolute atomic E-state index is 0.841. The molecule has 42 valence electrons. The minimum atomic E-state index is 0.841. The van der Waals surface area contributed by atoms with Gasteiger partial charge in [0, 0.05) is 24.1 Å². The second kappa shape index (κ2) is 2.58. The highest BCUT2D eigenvalue weighted by Crippen LogP contribution is 2.10. The molecule has 0 aromatic heterocycles. The molecule has 7 heavy (non-hydrogen) atoms. The van der Waals surface area contributed by atoms with Crippen LogP contribution in [0.4, 0.5) is 0 Å². The summed E-state index contributed by atoms with van der Waals surface area (Å²) in [5, 5.41) is 4.16. The van der Waals surface area contributed by atoms with Crippen LogP contribution in [0.3, 0.4) is 0 Å². The van der Waals surface area contributed by atoms with Crippen LogP contribution < -0.4 is 5.32 Å². The zero-order valence-electron chi connectivity index (χ0n) is 4.61. The molecule has 1 aliphatic rings. The molecule has 0 radical (unpaired) electrons. The van der Waals surface area contributed by atoms with E-state index in [1.165, 1.54) is 18.8 Å². The van der Waals surface area contributed by atoms with E-state index in [-0.39, 0.29) is 0 Å². The minimum Gasteiger partial charge on any atom is -0.315 e. The van der Waals surface area contributed by atoms with Gasteiger partial charge in [-0.15, -0.1) is 0 Å². The molecule has 1 saturated heterocycles. The third-order valence-corrected chi connectivity index (χ3v) is 2.29. The van der Waals surface area contributed by atoms with E-state index in [4.69, 9.17) is 0 Å². The van der Waals surface area contributed by atoms with Crippen molar-refractivity contribution in [2.45, 2.75) is 12.2 Å². The molecule has 0 spiro atoms. The van der Waals surface area contributed by atoms with Crippen molar-refractivity contribution in [1.29, 1.82) is 0 Å². The average molecular weight is 117 g/mol. The Hall–Kier alpha value is 0.310. The number of nitrogens with one attached hydrogen (secondary N) is 1. The van der Waals surface area contributed by atoms with Crippen molar-refractivity contribution in [3.8, 4) is 0 Å². The molecule has 1 heterocycles. The van der Waals surface area contributed by atoms with Gasteiger partial charge in [-0.2, -0.15) is 11.8 Å². The summed E-state index contributed by atoms with van der Waals surface area (Å²) >= 11 is 2.06. The van der Waals surface area contributed by atoms with Crippen LogP contribution in [0.1, 0.15) is 6.92 Å². The molecule has 1 nitrogen and oxygen atoms in total. The lowest BCUT2D eigenvalue weighted by Crippen LogP contribution is -2.30. The summed E-state index contributed by atoms with van der Waals surface area (Å²) < 4.78 is 0. The van der Waals surface area contributed by atoms with E-state index >= 15 is 0 Å². The Labute approximate surface area is 48.9 Å². The fourth-order valence-electron chi connectivity index (χ4n) is 0.697. The van der Waals surface area contributed by atoms with Crippen LogP contribution in [0.25, 0.3) is 0 Å². The molecule has 0 aliphatic carbocycles.